The maximum Gasteiger partial charge on any atom is 0.339 e. The van der Waals surface area contributed by atoms with E-state index in [9.17, 15) is 13.6 Å². The Morgan fingerprint density at radius 2 is 1.58 bits per heavy atom. The van der Waals surface area contributed by atoms with E-state index in [1.807, 2.05) is 0 Å². The van der Waals surface area contributed by atoms with Crippen LogP contribution in [-0.4, -0.2) is 13.6 Å². The molecule has 0 radical (unpaired) electrons. The van der Waals surface area contributed by atoms with Gasteiger partial charge < -0.3 is 14.6 Å². The van der Waals surface area contributed by atoms with Crippen LogP contribution in [0.5, 0.6) is 5.75 Å². The molecule has 2 aromatic carbocycles. The van der Waals surface area contributed by atoms with Crippen molar-refractivity contribution in [2.45, 2.75) is 4.90 Å². The lowest BCUT2D eigenvalue weighted by molar-refractivity contribution is 0.296. The van der Waals surface area contributed by atoms with Crippen molar-refractivity contribution in [2.75, 3.05) is 5.23 Å². The fourth-order valence-corrected chi connectivity index (χ4v) is 2.32. The molecule has 0 aliphatic heterocycles. The van der Waals surface area contributed by atoms with E-state index in [0.29, 0.717) is 0 Å². The zero-order chi connectivity index (χ0) is 13.9. The molecule has 2 aromatic rings. The zero-order valence-electron chi connectivity index (χ0n) is 9.63. The molecule has 0 bridgehead atoms. The first-order valence-corrected chi connectivity index (χ1v) is 6.65. The van der Waals surface area contributed by atoms with Gasteiger partial charge in [-0.1, -0.05) is 18.2 Å². The largest absolute Gasteiger partial charge is 0.733 e. The van der Waals surface area contributed by atoms with E-state index in [4.69, 9.17) is 9.39 Å². The third-order valence-electron chi connectivity index (χ3n) is 2.30. The molecule has 0 spiro atoms. The van der Waals surface area contributed by atoms with Gasteiger partial charge in [-0.25, -0.2) is 0 Å². The Hall–Kier alpha value is -2.09. The molecule has 1 N–H and O–H groups in total. The standard InChI is InChI=1S/C12H10NO5S/c14-13(15)10-6-8-12(9-7-10)19(16,17)18-11-4-2-1-3-5-11/h1-9,14H/q-1. The molecule has 0 aromatic heterocycles. The molecule has 0 fully saturated rings. The van der Waals surface area contributed by atoms with Crippen molar-refractivity contribution in [1.82, 2.24) is 0 Å². The molecule has 0 amide bonds. The van der Waals surface area contributed by atoms with Gasteiger partial charge in [0.1, 0.15) is 10.6 Å². The van der Waals surface area contributed by atoms with Crippen molar-refractivity contribution >= 4 is 15.8 Å². The molecule has 0 unspecified atom stereocenters. The number of nitrogens with zero attached hydrogens (tertiary/aromatic N) is 1. The minimum atomic E-state index is -3.96. The maximum absolute atomic E-state index is 11.9. The SMILES string of the molecule is O=S(=O)(Oc1ccccc1)c1ccc(N([O-])O)cc1. The van der Waals surface area contributed by atoms with Gasteiger partial charge in [-0.3, -0.25) is 5.21 Å². The third kappa shape index (κ3) is 3.22. The van der Waals surface area contributed by atoms with Gasteiger partial charge >= 0.3 is 10.1 Å². The van der Waals surface area contributed by atoms with E-state index in [1.54, 1.807) is 18.2 Å². The van der Waals surface area contributed by atoms with Crippen LogP contribution >= 0.6 is 0 Å². The van der Waals surface area contributed by atoms with E-state index in [0.717, 1.165) is 0 Å². The van der Waals surface area contributed by atoms with Gasteiger partial charge in [0.15, 0.2) is 0 Å². The highest BCUT2D eigenvalue weighted by atomic mass is 32.2. The van der Waals surface area contributed by atoms with Crippen LogP contribution in [0.2, 0.25) is 0 Å². The van der Waals surface area contributed by atoms with Crippen LogP contribution in [0.25, 0.3) is 0 Å². The number of benzene rings is 2. The van der Waals surface area contributed by atoms with Crippen LogP contribution in [0.1, 0.15) is 0 Å². The smallest absolute Gasteiger partial charge is 0.339 e. The lowest BCUT2D eigenvalue weighted by Crippen LogP contribution is -2.11. The summed E-state index contributed by atoms with van der Waals surface area (Å²) in [5, 5.41) is 18.9. The maximum atomic E-state index is 11.9. The number of para-hydroxylation sites is 1. The van der Waals surface area contributed by atoms with E-state index >= 15 is 0 Å². The molecule has 19 heavy (non-hydrogen) atoms. The number of hydrogen-bond donors (Lipinski definition) is 1. The summed E-state index contributed by atoms with van der Waals surface area (Å²) in [6.07, 6.45) is 0. The first kappa shape index (κ1) is 13.3. The van der Waals surface area contributed by atoms with Gasteiger partial charge in [0, 0.05) is 0 Å². The summed E-state index contributed by atoms with van der Waals surface area (Å²) < 4.78 is 28.7. The van der Waals surface area contributed by atoms with Gasteiger partial charge in [-0.15, -0.1) is 0 Å². The second-order valence-electron chi connectivity index (χ2n) is 3.62. The van der Waals surface area contributed by atoms with Gasteiger partial charge in [-0.05, 0) is 36.4 Å². The Labute approximate surface area is 110 Å². The van der Waals surface area contributed by atoms with Gasteiger partial charge in [0.25, 0.3) is 0 Å². The monoisotopic (exact) mass is 280 g/mol. The molecule has 2 rings (SSSR count). The first-order valence-electron chi connectivity index (χ1n) is 5.25. The van der Waals surface area contributed by atoms with Gasteiger partial charge in [-0.2, -0.15) is 8.42 Å². The van der Waals surface area contributed by atoms with Crippen LogP contribution in [0.3, 0.4) is 0 Å². The summed E-state index contributed by atoms with van der Waals surface area (Å²) in [5.74, 6) is 0.194. The Bertz CT molecular complexity index is 638. The predicted molar refractivity (Wildman–Crippen MR) is 68.3 cm³/mol. The molecule has 0 aliphatic carbocycles. The lowest BCUT2D eigenvalue weighted by atomic mass is 10.3. The average Bonchev–Trinajstić information content (AvgIpc) is 2.39. The lowest BCUT2D eigenvalue weighted by Gasteiger charge is -2.21. The minimum Gasteiger partial charge on any atom is -0.733 e. The fourth-order valence-electron chi connectivity index (χ4n) is 1.39. The van der Waals surface area contributed by atoms with Gasteiger partial charge in [0.2, 0.25) is 0 Å². The number of anilines is 1. The van der Waals surface area contributed by atoms with Crippen molar-refractivity contribution < 1.29 is 17.8 Å². The summed E-state index contributed by atoms with van der Waals surface area (Å²) in [5.41, 5.74) is -0.0707. The molecule has 0 saturated heterocycles. The second-order valence-corrected chi connectivity index (χ2v) is 5.16. The van der Waals surface area contributed by atoms with Crippen LogP contribution < -0.4 is 9.41 Å². The topological polar surface area (TPSA) is 89.9 Å². The highest BCUT2D eigenvalue weighted by molar-refractivity contribution is 7.87. The van der Waals surface area contributed by atoms with Crippen molar-refractivity contribution in [3.05, 3.63) is 59.8 Å². The Kier molecular flexibility index (Phi) is 3.70. The van der Waals surface area contributed by atoms with E-state index < -0.39 is 10.1 Å². The van der Waals surface area contributed by atoms with Crippen LogP contribution in [0.15, 0.2) is 59.5 Å². The summed E-state index contributed by atoms with van der Waals surface area (Å²) in [6, 6.07) is 12.8. The fraction of sp³-hybridized carbons (Fsp3) is 0. The van der Waals surface area contributed by atoms with Crippen molar-refractivity contribution in [3.63, 3.8) is 0 Å². The molecular weight excluding hydrogens is 270 g/mol. The second kappa shape index (κ2) is 5.27. The van der Waals surface area contributed by atoms with Crippen LogP contribution in [-0.2, 0) is 10.1 Å². The molecule has 7 heteroatoms. The van der Waals surface area contributed by atoms with E-state index in [-0.39, 0.29) is 21.6 Å². The van der Waals surface area contributed by atoms with Crippen molar-refractivity contribution in [1.29, 1.82) is 0 Å². The van der Waals surface area contributed by atoms with E-state index in [2.05, 4.69) is 0 Å². The molecule has 0 atom stereocenters. The molecular formula is C12H10NO5S-. The average molecular weight is 280 g/mol. The zero-order valence-corrected chi connectivity index (χ0v) is 10.4. The molecule has 6 nitrogen and oxygen atoms in total. The van der Waals surface area contributed by atoms with Crippen molar-refractivity contribution in [3.8, 4) is 5.75 Å². The summed E-state index contributed by atoms with van der Waals surface area (Å²) in [4.78, 5) is -0.109. The normalized spacial score (nSPS) is 11.1. The Morgan fingerprint density at radius 1 is 1.00 bits per heavy atom. The number of rotatable bonds is 4. The Morgan fingerprint density at radius 3 is 2.11 bits per heavy atom. The molecule has 100 valence electrons. The quantitative estimate of drug-likeness (QED) is 0.681. The summed E-state index contributed by atoms with van der Waals surface area (Å²) >= 11 is 0. The summed E-state index contributed by atoms with van der Waals surface area (Å²) in [6.45, 7) is 0. The Balaban J connectivity index is 2.25. The predicted octanol–water partition coefficient (Wildman–Crippen LogP) is 2.15. The third-order valence-corrected chi connectivity index (χ3v) is 3.56. The molecule has 0 saturated carbocycles. The highest BCUT2D eigenvalue weighted by Crippen LogP contribution is 2.20. The number of hydrogen-bond acceptors (Lipinski definition) is 6. The molecule has 0 aliphatic rings. The minimum absolute atomic E-state index is 0.0707. The highest BCUT2D eigenvalue weighted by Gasteiger charge is 2.16. The first-order chi connectivity index (χ1) is 8.99. The van der Waals surface area contributed by atoms with E-state index in [1.165, 1.54) is 36.4 Å². The molecule has 0 heterocycles. The van der Waals surface area contributed by atoms with Gasteiger partial charge in [0.05, 0.1) is 5.69 Å². The van der Waals surface area contributed by atoms with Crippen LogP contribution in [0.4, 0.5) is 5.69 Å². The van der Waals surface area contributed by atoms with Crippen molar-refractivity contribution in [2.24, 2.45) is 0 Å². The van der Waals surface area contributed by atoms with Crippen LogP contribution in [0, 0.1) is 5.21 Å². The summed E-state index contributed by atoms with van der Waals surface area (Å²) in [7, 11) is -3.96.